The van der Waals surface area contributed by atoms with Gasteiger partial charge in [0, 0.05) is 29.1 Å². The molecule has 0 N–H and O–H groups in total. The van der Waals surface area contributed by atoms with Crippen LogP contribution in [0.5, 0.6) is 0 Å². The molecule has 1 atom stereocenters. The molecular weight excluding hydrogens is 356 g/mol. The van der Waals surface area contributed by atoms with Crippen molar-refractivity contribution in [1.82, 2.24) is 19.7 Å². The Labute approximate surface area is 160 Å². The third kappa shape index (κ3) is 3.01. The molecule has 4 aromatic rings. The molecule has 1 aliphatic carbocycles. The number of fused-ring (bicyclic) bond motifs is 1. The predicted molar refractivity (Wildman–Crippen MR) is 105 cm³/mol. The number of hydrogen-bond donors (Lipinski definition) is 0. The van der Waals surface area contributed by atoms with Crippen LogP contribution < -0.4 is 0 Å². The topological polar surface area (TPSA) is 66.7 Å². The molecule has 0 aliphatic heterocycles. The second-order valence-electron chi connectivity index (χ2n) is 6.79. The zero-order valence-corrected chi connectivity index (χ0v) is 15.6. The molecule has 1 unspecified atom stereocenters. The molecule has 1 saturated carbocycles. The van der Waals surface area contributed by atoms with Crippen molar-refractivity contribution in [3.05, 3.63) is 66.5 Å². The third-order valence-corrected chi connectivity index (χ3v) is 5.71. The molecule has 27 heavy (non-hydrogen) atoms. The van der Waals surface area contributed by atoms with Crippen LogP contribution in [0.25, 0.3) is 28.0 Å². The molecule has 2 aromatic carbocycles. The first-order chi connectivity index (χ1) is 13.2. The average Bonchev–Trinajstić information content (AvgIpc) is 3.48. The summed E-state index contributed by atoms with van der Waals surface area (Å²) in [6, 6.07) is 17.1. The summed E-state index contributed by atoms with van der Waals surface area (Å²) < 4.78 is 13.7. The van der Waals surface area contributed by atoms with Crippen LogP contribution in [0.2, 0.25) is 0 Å². The molecular formula is C21H17N4OS. The van der Waals surface area contributed by atoms with Gasteiger partial charge in [0.25, 0.3) is 11.0 Å². The van der Waals surface area contributed by atoms with Gasteiger partial charge in [0.15, 0.2) is 0 Å². The Balaban J connectivity index is 1.54. The highest BCUT2D eigenvalue weighted by Crippen LogP contribution is 2.41. The largest absolute Gasteiger partial charge is 0.610 e. The van der Waals surface area contributed by atoms with Crippen molar-refractivity contribution in [3.63, 3.8) is 0 Å². The number of nitrogens with zero attached hydrogens (tertiary/aromatic N) is 4. The Morgan fingerprint density at radius 3 is 2.70 bits per heavy atom. The molecule has 0 bridgehead atoms. The summed E-state index contributed by atoms with van der Waals surface area (Å²) in [6.07, 6.45) is 7.82. The maximum absolute atomic E-state index is 12.0. The summed E-state index contributed by atoms with van der Waals surface area (Å²) >= 11 is -1.19. The van der Waals surface area contributed by atoms with Crippen molar-refractivity contribution < 1.29 is 4.55 Å². The number of hydrogen-bond acceptors (Lipinski definition) is 4. The molecule has 1 aliphatic rings. The van der Waals surface area contributed by atoms with Gasteiger partial charge in [0.1, 0.15) is 6.26 Å². The minimum atomic E-state index is -1.19. The molecule has 1 fully saturated rings. The Morgan fingerprint density at radius 1 is 1.15 bits per heavy atom. The van der Waals surface area contributed by atoms with Crippen LogP contribution in [0.1, 0.15) is 24.3 Å². The maximum atomic E-state index is 12.0. The Hall–Kier alpha value is -2.70. The smallest absolute Gasteiger partial charge is 0.271 e. The monoisotopic (exact) mass is 373 g/mol. The summed E-state index contributed by atoms with van der Waals surface area (Å²) in [4.78, 5) is 9.03. The lowest BCUT2D eigenvalue weighted by Gasteiger charge is -2.06. The number of aromatic nitrogens is 4. The summed E-state index contributed by atoms with van der Waals surface area (Å²) in [5.74, 6) is 1.17. The van der Waals surface area contributed by atoms with E-state index in [1.165, 1.54) is 18.4 Å². The van der Waals surface area contributed by atoms with Crippen molar-refractivity contribution in [2.24, 2.45) is 0 Å². The van der Waals surface area contributed by atoms with E-state index in [-0.39, 0.29) is 0 Å². The maximum Gasteiger partial charge on any atom is 0.271 e. The molecule has 2 heterocycles. The Morgan fingerprint density at radius 2 is 1.96 bits per heavy atom. The summed E-state index contributed by atoms with van der Waals surface area (Å²) in [5.41, 5.74) is 4.29. The van der Waals surface area contributed by atoms with Crippen molar-refractivity contribution in [2.75, 3.05) is 6.26 Å². The van der Waals surface area contributed by atoms with Crippen molar-refractivity contribution >= 4 is 22.1 Å². The molecule has 133 valence electrons. The van der Waals surface area contributed by atoms with Crippen molar-refractivity contribution in [1.29, 1.82) is 0 Å². The van der Waals surface area contributed by atoms with Gasteiger partial charge in [-0.2, -0.15) is 4.68 Å². The zero-order valence-electron chi connectivity index (χ0n) is 14.8. The average molecular weight is 373 g/mol. The minimum Gasteiger partial charge on any atom is -0.610 e. The lowest BCUT2D eigenvalue weighted by molar-refractivity contribution is 0.595. The zero-order chi connectivity index (χ0) is 18.4. The first kappa shape index (κ1) is 16.5. The van der Waals surface area contributed by atoms with Gasteiger partial charge in [-0.15, -0.1) is 5.10 Å². The van der Waals surface area contributed by atoms with E-state index in [2.05, 4.69) is 45.4 Å². The fraction of sp³-hybridized carbons (Fsp3) is 0.190. The molecule has 0 saturated heterocycles. The molecule has 5 rings (SSSR count). The van der Waals surface area contributed by atoms with Gasteiger partial charge >= 0.3 is 0 Å². The van der Waals surface area contributed by atoms with E-state index in [1.807, 2.05) is 24.5 Å². The fourth-order valence-corrected chi connectivity index (χ4v) is 3.99. The van der Waals surface area contributed by atoms with Crippen LogP contribution in [0, 0.1) is 6.07 Å². The van der Waals surface area contributed by atoms with E-state index >= 15 is 0 Å². The highest BCUT2D eigenvalue weighted by molar-refractivity contribution is 7.90. The van der Waals surface area contributed by atoms with Gasteiger partial charge < -0.3 is 4.55 Å². The highest BCUT2D eigenvalue weighted by Gasteiger charge is 2.23. The number of rotatable bonds is 4. The molecule has 1 radical (unpaired) electrons. The lowest BCUT2D eigenvalue weighted by Crippen LogP contribution is -2.05. The van der Waals surface area contributed by atoms with Crippen LogP contribution in [-0.4, -0.2) is 30.6 Å². The molecule has 6 heteroatoms. The van der Waals surface area contributed by atoms with Crippen LogP contribution in [0.4, 0.5) is 0 Å². The molecule has 0 amide bonds. The van der Waals surface area contributed by atoms with Crippen LogP contribution in [0.3, 0.4) is 0 Å². The highest BCUT2D eigenvalue weighted by atomic mass is 32.2. The van der Waals surface area contributed by atoms with Gasteiger partial charge in [0.2, 0.25) is 0 Å². The van der Waals surface area contributed by atoms with Gasteiger partial charge in [-0.1, -0.05) is 30.3 Å². The number of benzene rings is 2. The molecule has 5 nitrogen and oxygen atoms in total. The standard InChI is InChI=1S/C21H17N4OS/c1-27(26)20-18-7-2-3-8-19(18)25(24-20)21-22-12-17(13-23-21)16-6-4-5-15(11-16)14-9-10-14/h2,4-8,11-14H,9-10H2,1H3. The normalized spacial score (nSPS) is 15.2. The van der Waals surface area contributed by atoms with Gasteiger partial charge in [-0.3, -0.25) is 0 Å². The van der Waals surface area contributed by atoms with E-state index in [0.717, 1.165) is 22.0 Å². The first-order valence-electron chi connectivity index (χ1n) is 8.86. The second kappa shape index (κ2) is 6.48. The van der Waals surface area contributed by atoms with Crippen molar-refractivity contribution in [3.8, 4) is 17.1 Å². The molecule has 0 spiro atoms. The van der Waals surface area contributed by atoms with E-state index in [9.17, 15) is 4.55 Å². The Bertz CT molecular complexity index is 1120. The van der Waals surface area contributed by atoms with Gasteiger partial charge in [-0.05, 0) is 48.1 Å². The Kier molecular flexibility index (Phi) is 3.95. The van der Waals surface area contributed by atoms with Gasteiger partial charge in [0.05, 0.1) is 10.9 Å². The quantitative estimate of drug-likeness (QED) is 0.509. The predicted octanol–water partition coefficient (Wildman–Crippen LogP) is 3.90. The van der Waals surface area contributed by atoms with Crippen LogP contribution in [-0.2, 0) is 11.2 Å². The third-order valence-electron chi connectivity index (χ3n) is 4.86. The SMILES string of the molecule is C[S+]([O-])c1nn(-c2ncc(-c3cccc(C4CC4)c3)cn2)c2c[c]ccc12. The summed E-state index contributed by atoms with van der Waals surface area (Å²) in [5, 5.41) is 5.84. The molecule has 2 aromatic heterocycles. The summed E-state index contributed by atoms with van der Waals surface area (Å²) in [6.45, 7) is 0. The van der Waals surface area contributed by atoms with Crippen molar-refractivity contribution in [2.45, 2.75) is 23.8 Å². The van der Waals surface area contributed by atoms with E-state index < -0.39 is 11.2 Å². The van der Waals surface area contributed by atoms with Crippen LogP contribution in [0.15, 0.2) is 59.9 Å². The summed E-state index contributed by atoms with van der Waals surface area (Å²) in [7, 11) is 0. The van der Waals surface area contributed by atoms with E-state index in [4.69, 9.17) is 0 Å². The van der Waals surface area contributed by atoms with E-state index in [1.54, 1.807) is 17.0 Å². The van der Waals surface area contributed by atoms with E-state index in [0.29, 0.717) is 16.9 Å². The lowest BCUT2D eigenvalue weighted by atomic mass is 10.0. The van der Waals surface area contributed by atoms with Crippen LogP contribution >= 0.6 is 0 Å². The minimum absolute atomic E-state index is 0.457. The van der Waals surface area contributed by atoms with Gasteiger partial charge in [-0.25, -0.2) is 9.97 Å². The second-order valence-corrected chi connectivity index (χ2v) is 8.08. The fourth-order valence-electron chi connectivity index (χ4n) is 3.31. The first-order valence-corrected chi connectivity index (χ1v) is 10.4.